The van der Waals surface area contributed by atoms with Crippen molar-refractivity contribution in [3.63, 3.8) is 0 Å². The molecule has 0 aliphatic rings. The first-order valence-electron chi connectivity index (χ1n) is 4.91. The lowest BCUT2D eigenvalue weighted by Gasteiger charge is -2.05. The summed E-state index contributed by atoms with van der Waals surface area (Å²) < 4.78 is 0. The lowest BCUT2D eigenvalue weighted by Crippen LogP contribution is -1.89. The molecule has 12 heavy (non-hydrogen) atoms. The molecule has 72 valence electrons. The molecule has 1 unspecified atom stereocenters. The van der Waals surface area contributed by atoms with Crippen LogP contribution in [0.4, 0.5) is 0 Å². The summed E-state index contributed by atoms with van der Waals surface area (Å²) in [4.78, 5) is 0. The van der Waals surface area contributed by atoms with E-state index < -0.39 is 0 Å². The van der Waals surface area contributed by atoms with E-state index in [0.29, 0.717) is 5.92 Å². The molecule has 0 aliphatic carbocycles. The van der Waals surface area contributed by atoms with Gasteiger partial charge in [0.25, 0.3) is 0 Å². The average Bonchev–Trinajstić information content (AvgIpc) is 2.05. The number of hydrogen-bond acceptors (Lipinski definition) is 0. The molecule has 0 heterocycles. The van der Waals surface area contributed by atoms with Gasteiger partial charge in [0, 0.05) is 0 Å². The summed E-state index contributed by atoms with van der Waals surface area (Å²) >= 11 is 0. The van der Waals surface area contributed by atoms with Gasteiger partial charge in [0.15, 0.2) is 0 Å². The molecule has 0 rings (SSSR count). The van der Waals surface area contributed by atoms with Crippen LogP contribution in [0.5, 0.6) is 0 Å². The third kappa shape index (κ3) is 12.2. The highest BCUT2D eigenvalue weighted by molar-refractivity contribution is 4.96. The molecule has 0 aromatic heterocycles. The van der Waals surface area contributed by atoms with E-state index in [0.717, 1.165) is 12.8 Å². The maximum Gasteiger partial charge on any atom is -0.0227 e. The highest BCUT2D eigenvalue weighted by Crippen LogP contribution is 2.12. The number of rotatable bonds is 4. The fraction of sp³-hybridized carbons (Fsp3) is 0.667. The molecule has 0 fully saturated rings. The Hall–Kier alpha value is -0.520. The topological polar surface area (TPSA) is 0 Å². The third-order valence-corrected chi connectivity index (χ3v) is 1.51. The first-order chi connectivity index (χ1) is 5.62. The number of allylic oxidation sites excluding steroid dienone is 2. The Morgan fingerprint density at radius 2 is 1.75 bits per heavy atom. The van der Waals surface area contributed by atoms with Gasteiger partial charge in [0.2, 0.25) is 0 Å². The van der Waals surface area contributed by atoms with Gasteiger partial charge >= 0.3 is 0 Å². The summed E-state index contributed by atoms with van der Waals surface area (Å²) in [5, 5.41) is 0. The summed E-state index contributed by atoms with van der Waals surface area (Å²) in [7, 11) is 0. The largest absolute Gasteiger partial charge is 0.103 e. The fourth-order valence-corrected chi connectivity index (χ4v) is 0.683. The SMILES string of the molecule is C=CC(C)CC(=C)CC.CCC. The van der Waals surface area contributed by atoms with Gasteiger partial charge in [0.1, 0.15) is 0 Å². The molecule has 0 aromatic rings. The second kappa shape index (κ2) is 10.5. The first kappa shape index (κ1) is 14.0. The van der Waals surface area contributed by atoms with Gasteiger partial charge in [-0.15, -0.1) is 6.58 Å². The normalized spacial score (nSPS) is 11.0. The Morgan fingerprint density at radius 1 is 1.33 bits per heavy atom. The van der Waals surface area contributed by atoms with E-state index in [1.807, 2.05) is 6.08 Å². The second-order valence-electron chi connectivity index (χ2n) is 3.23. The molecule has 1 atom stereocenters. The lowest BCUT2D eigenvalue weighted by atomic mass is 10.0. The Bertz CT molecular complexity index is 111. The van der Waals surface area contributed by atoms with Crippen LogP contribution in [0, 0.1) is 5.92 Å². The molecular formula is C12H24. The Labute approximate surface area is 78.4 Å². The lowest BCUT2D eigenvalue weighted by molar-refractivity contribution is 0.703. The molecule has 0 saturated carbocycles. The average molecular weight is 168 g/mol. The maximum atomic E-state index is 3.91. The van der Waals surface area contributed by atoms with Crippen LogP contribution in [0.15, 0.2) is 24.8 Å². The summed E-state index contributed by atoms with van der Waals surface area (Å²) in [6, 6.07) is 0. The second-order valence-corrected chi connectivity index (χ2v) is 3.23. The summed E-state index contributed by atoms with van der Waals surface area (Å²) in [5.41, 5.74) is 1.32. The maximum absolute atomic E-state index is 3.91. The van der Waals surface area contributed by atoms with Gasteiger partial charge in [-0.2, -0.15) is 0 Å². The molecule has 0 saturated heterocycles. The summed E-state index contributed by atoms with van der Waals surface area (Å²) in [6.45, 7) is 16.2. The van der Waals surface area contributed by atoms with Crippen LogP contribution in [0.2, 0.25) is 0 Å². The van der Waals surface area contributed by atoms with Crippen LogP contribution in [0.1, 0.15) is 47.0 Å². The van der Waals surface area contributed by atoms with Crippen LogP contribution in [0.25, 0.3) is 0 Å². The van der Waals surface area contributed by atoms with E-state index in [1.165, 1.54) is 12.0 Å². The molecule has 0 aromatic carbocycles. The van der Waals surface area contributed by atoms with Crippen molar-refractivity contribution in [2.75, 3.05) is 0 Å². The predicted molar refractivity (Wildman–Crippen MR) is 59.4 cm³/mol. The minimum Gasteiger partial charge on any atom is -0.103 e. The first-order valence-corrected chi connectivity index (χ1v) is 4.91. The highest BCUT2D eigenvalue weighted by Gasteiger charge is 1.96. The third-order valence-electron chi connectivity index (χ3n) is 1.51. The zero-order chi connectivity index (χ0) is 9.98. The van der Waals surface area contributed by atoms with E-state index in [2.05, 4.69) is 40.9 Å². The fourth-order valence-electron chi connectivity index (χ4n) is 0.683. The van der Waals surface area contributed by atoms with Gasteiger partial charge in [-0.3, -0.25) is 0 Å². The van der Waals surface area contributed by atoms with Crippen molar-refractivity contribution in [3.05, 3.63) is 24.8 Å². The molecule has 0 aliphatic heterocycles. The van der Waals surface area contributed by atoms with Crippen molar-refractivity contribution >= 4 is 0 Å². The van der Waals surface area contributed by atoms with Crippen molar-refractivity contribution in [3.8, 4) is 0 Å². The van der Waals surface area contributed by atoms with Gasteiger partial charge < -0.3 is 0 Å². The summed E-state index contributed by atoms with van der Waals surface area (Å²) in [6.07, 6.45) is 5.42. The Kier molecular flexibility index (Phi) is 12.3. The van der Waals surface area contributed by atoms with Crippen LogP contribution in [0.3, 0.4) is 0 Å². The van der Waals surface area contributed by atoms with E-state index in [4.69, 9.17) is 0 Å². The molecular weight excluding hydrogens is 144 g/mol. The van der Waals surface area contributed by atoms with Crippen LogP contribution in [-0.2, 0) is 0 Å². The van der Waals surface area contributed by atoms with Gasteiger partial charge in [-0.1, -0.05) is 52.3 Å². The minimum atomic E-state index is 0.595. The smallest absolute Gasteiger partial charge is 0.0227 e. The van der Waals surface area contributed by atoms with Gasteiger partial charge in [-0.25, -0.2) is 0 Å². The number of hydrogen-bond donors (Lipinski definition) is 0. The zero-order valence-corrected chi connectivity index (χ0v) is 9.19. The summed E-state index contributed by atoms with van der Waals surface area (Å²) in [5.74, 6) is 0.595. The van der Waals surface area contributed by atoms with E-state index >= 15 is 0 Å². The highest BCUT2D eigenvalue weighted by atomic mass is 14.0. The molecule has 0 nitrogen and oxygen atoms in total. The van der Waals surface area contributed by atoms with Gasteiger partial charge in [-0.05, 0) is 18.8 Å². The minimum absolute atomic E-state index is 0.595. The molecule has 0 heteroatoms. The van der Waals surface area contributed by atoms with Gasteiger partial charge in [0.05, 0.1) is 0 Å². The molecule has 0 spiro atoms. The van der Waals surface area contributed by atoms with Crippen LogP contribution in [-0.4, -0.2) is 0 Å². The van der Waals surface area contributed by atoms with E-state index in [-0.39, 0.29) is 0 Å². The monoisotopic (exact) mass is 168 g/mol. The van der Waals surface area contributed by atoms with E-state index in [9.17, 15) is 0 Å². The van der Waals surface area contributed by atoms with Crippen molar-refractivity contribution in [2.24, 2.45) is 5.92 Å². The van der Waals surface area contributed by atoms with Crippen molar-refractivity contribution < 1.29 is 0 Å². The van der Waals surface area contributed by atoms with Crippen LogP contribution >= 0.6 is 0 Å². The Balaban J connectivity index is 0. The molecule has 0 bridgehead atoms. The predicted octanol–water partition coefficient (Wildman–Crippen LogP) is 4.58. The standard InChI is InChI=1S/C9H16.C3H8/c1-5-8(3)7-9(4)6-2;1-3-2/h5,8H,1,4,6-7H2,2-3H3;3H2,1-2H3. The van der Waals surface area contributed by atoms with Crippen LogP contribution < -0.4 is 0 Å². The zero-order valence-electron chi connectivity index (χ0n) is 9.19. The van der Waals surface area contributed by atoms with E-state index in [1.54, 1.807) is 0 Å². The molecule has 0 N–H and O–H groups in total. The van der Waals surface area contributed by atoms with Crippen molar-refractivity contribution in [1.82, 2.24) is 0 Å². The molecule has 0 amide bonds. The van der Waals surface area contributed by atoms with Crippen molar-refractivity contribution in [1.29, 1.82) is 0 Å². The quantitative estimate of drug-likeness (QED) is 0.539. The van der Waals surface area contributed by atoms with Crippen molar-refractivity contribution in [2.45, 2.75) is 47.0 Å². The molecule has 0 radical (unpaired) electrons. The Morgan fingerprint density at radius 3 is 2.00 bits per heavy atom.